The number of nitrogens with zero attached hydrogens (tertiary/aromatic N) is 4. The van der Waals surface area contributed by atoms with Crippen LogP contribution in [0, 0.1) is 11.3 Å². The van der Waals surface area contributed by atoms with E-state index in [0.717, 1.165) is 11.1 Å². The molecule has 4 aromatic rings. The van der Waals surface area contributed by atoms with Crippen molar-refractivity contribution in [3.63, 3.8) is 0 Å². The van der Waals surface area contributed by atoms with Crippen molar-refractivity contribution in [2.24, 2.45) is 0 Å². The molecule has 1 heterocycles. The highest BCUT2D eigenvalue weighted by molar-refractivity contribution is 6.38. The SMILES string of the molecule is CC(C#N)(Cn1nc2cc(Cl)cc(Cl)c2n1)NC(=O)c1ccc(-c2ccccc2)cc1. The number of nitrogens with one attached hydrogen (secondary N) is 1. The van der Waals surface area contributed by atoms with E-state index >= 15 is 0 Å². The minimum Gasteiger partial charge on any atom is -0.332 e. The largest absolute Gasteiger partial charge is 0.332 e. The van der Waals surface area contributed by atoms with Gasteiger partial charge in [-0.2, -0.15) is 20.3 Å². The van der Waals surface area contributed by atoms with E-state index in [2.05, 4.69) is 21.6 Å². The lowest BCUT2D eigenvalue weighted by Crippen LogP contribution is -2.48. The second kappa shape index (κ2) is 8.38. The molecule has 154 valence electrons. The van der Waals surface area contributed by atoms with Crippen molar-refractivity contribution in [2.75, 3.05) is 0 Å². The number of carbonyl (C=O) groups is 1. The van der Waals surface area contributed by atoms with E-state index < -0.39 is 5.54 Å². The normalized spacial score (nSPS) is 12.8. The number of hydrogen-bond acceptors (Lipinski definition) is 4. The molecule has 1 amide bonds. The van der Waals surface area contributed by atoms with Gasteiger partial charge < -0.3 is 5.32 Å². The summed E-state index contributed by atoms with van der Waals surface area (Å²) in [4.78, 5) is 14.1. The smallest absolute Gasteiger partial charge is 0.252 e. The van der Waals surface area contributed by atoms with Crippen LogP contribution in [0.3, 0.4) is 0 Å². The Labute approximate surface area is 189 Å². The highest BCUT2D eigenvalue weighted by Crippen LogP contribution is 2.25. The van der Waals surface area contributed by atoms with Crippen molar-refractivity contribution in [2.45, 2.75) is 19.0 Å². The number of aromatic nitrogens is 3. The van der Waals surface area contributed by atoms with Crippen LogP contribution in [0.5, 0.6) is 0 Å². The zero-order valence-corrected chi connectivity index (χ0v) is 18.0. The molecule has 0 saturated carbocycles. The number of benzene rings is 3. The molecule has 8 heteroatoms. The molecule has 0 bridgehead atoms. The predicted octanol–water partition coefficient (Wildman–Crippen LogP) is 5.12. The molecule has 1 unspecified atom stereocenters. The number of hydrogen-bond donors (Lipinski definition) is 1. The molecule has 0 aliphatic carbocycles. The lowest BCUT2D eigenvalue weighted by Gasteiger charge is -2.22. The van der Waals surface area contributed by atoms with Crippen molar-refractivity contribution in [3.05, 3.63) is 82.3 Å². The first-order valence-electron chi connectivity index (χ1n) is 9.46. The average molecular weight is 450 g/mol. The molecule has 0 fully saturated rings. The fourth-order valence-electron chi connectivity index (χ4n) is 3.21. The first-order valence-corrected chi connectivity index (χ1v) is 10.2. The van der Waals surface area contributed by atoms with Gasteiger partial charge in [-0.1, -0.05) is 65.7 Å². The molecule has 0 radical (unpaired) electrons. The maximum Gasteiger partial charge on any atom is 0.252 e. The third-order valence-electron chi connectivity index (χ3n) is 4.79. The predicted molar refractivity (Wildman–Crippen MR) is 121 cm³/mol. The summed E-state index contributed by atoms with van der Waals surface area (Å²) in [6, 6.07) is 22.5. The fraction of sp³-hybridized carbons (Fsp3) is 0.130. The molecule has 31 heavy (non-hydrogen) atoms. The van der Waals surface area contributed by atoms with E-state index in [1.807, 2.05) is 42.5 Å². The molecule has 0 aliphatic rings. The Balaban J connectivity index is 1.52. The van der Waals surface area contributed by atoms with Gasteiger partial charge in [-0.25, -0.2) is 0 Å². The highest BCUT2D eigenvalue weighted by atomic mass is 35.5. The Bertz CT molecular complexity index is 1300. The molecule has 1 atom stereocenters. The number of rotatable bonds is 5. The van der Waals surface area contributed by atoms with Gasteiger partial charge in [0.05, 0.1) is 17.6 Å². The summed E-state index contributed by atoms with van der Waals surface area (Å²) < 4.78 is 0. The lowest BCUT2D eigenvalue weighted by molar-refractivity contribution is 0.0916. The second-order valence-electron chi connectivity index (χ2n) is 7.33. The Hall–Kier alpha value is -3.40. The number of halogens is 2. The fourth-order valence-corrected chi connectivity index (χ4v) is 3.73. The van der Waals surface area contributed by atoms with Crippen molar-refractivity contribution >= 4 is 40.1 Å². The van der Waals surface area contributed by atoms with Crippen LogP contribution in [0.4, 0.5) is 0 Å². The van der Waals surface area contributed by atoms with Gasteiger partial charge in [0.15, 0.2) is 0 Å². The minimum absolute atomic E-state index is 0.0416. The molecule has 0 saturated heterocycles. The Morgan fingerprint density at radius 2 is 1.74 bits per heavy atom. The first-order chi connectivity index (χ1) is 14.9. The van der Waals surface area contributed by atoms with Crippen LogP contribution in [0.15, 0.2) is 66.7 Å². The van der Waals surface area contributed by atoms with Crippen molar-refractivity contribution in [3.8, 4) is 17.2 Å². The van der Waals surface area contributed by atoms with Crippen LogP contribution in [0.2, 0.25) is 10.0 Å². The molecule has 0 spiro atoms. The topological polar surface area (TPSA) is 83.6 Å². The summed E-state index contributed by atoms with van der Waals surface area (Å²) in [5.74, 6) is -0.360. The zero-order valence-electron chi connectivity index (χ0n) is 16.5. The summed E-state index contributed by atoms with van der Waals surface area (Å²) in [5.41, 5.74) is 2.28. The Morgan fingerprint density at radius 1 is 1.06 bits per heavy atom. The van der Waals surface area contributed by atoms with Crippen LogP contribution in [0.25, 0.3) is 22.2 Å². The Kier molecular flexibility index (Phi) is 5.64. The highest BCUT2D eigenvalue weighted by Gasteiger charge is 2.29. The van der Waals surface area contributed by atoms with Gasteiger partial charge in [0.25, 0.3) is 5.91 Å². The van der Waals surface area contributed by atoms with Gasteiger partial charge in [-0.15, -0.1) is 0 Å². The van der Waals surface area contributed by atoms with Gasteiger partial charge in [0, 0.05) is 10.6 Å². The van der Waals surface area contributed by atoms with Crippen LogP contribution in [-0.4, -0.2) is 26.4 Å². The maximum atomic E-state index is 12.8. The summed E-state index contributed by atoms with van der Waals surface area (Å²) in [5, 5.41) is 22.0. The summed E-state index contributed by atoms with van der Waals surface area (Å²) in [6.45, 7) is 1.66. The Morgan fingerprint density at radius 3 is 2.42 bits per heavy atom. The third kappa shape index (κ3) is 4.53. The van der Waals surface area contributed by atoms with Crippen LogP contribution in [-0.2, 0) is 6.54 Å². The quantitative estimate of drug-likeness (QED) is 0.458. The zero-order chi connectivity index (χ0) is 22.0. The molecule has 3 aromatic carbocycles. The van der Waals surface area contributed by atoms with E-state index in [1.54, 1.807) is 31.2 Å². The van der Waals surface area contributed by atoms with Gasteiger partial charge in [-0.3, -0.25) is 4.79 Å². The summed E-state index contributed by atoms with van der Waals surface area (Å²) in [6.07, 6.45) is 0. The number of fused-ring (bicyclic) bond motifs is 1. The van der Waals surface area contributed by atoms with Crippen LogP contribution in [0.1, 0.15) is 17.3 Å². The van der Waals surface area contributed by atoms with Gasteiger partial charge >= 0.3 is 0 Å². The number of carbonyl (C=O) groups excluding carboxylic acids is 1. The van der Waals surface area contributed by atoms with Crippen LogP contribution < -0.4 is 5.32 Å². The van der Waals surface area contributed by atoms with Crippen molar-refractivity contribution in [1.29, 1.82) is 5.26 Å². The molecule has 4 rings (SSSR count). The van der Waals surface area contributed by atoms with E-state index in [0.29, 0.717) is 26.6 Å². The molecule has 6 nitrogen and oxygen atoms in total. The van der Waals surface area contributed by atoms with Crippen LogP contribution >= 0.6 is 23.2 Å². The van der Waals surface area contributed by atoms with Gasteiger partial charge in [0.2, 0.25) is 0 Å². The van der Waals surface area contributed by atoms with E-state index in [1.165, 1.54) is 4.80 Å². The van der Waals surface area contributed by atoms with E-state index in [-0.39, 0.29) is 12.5 Å². The van der Waals surface area contributed by atoms with E-state index in [4.69, 9.17) is 23.2 Å². The van der Waals surface area contributed by atoms with E-state index in [9.17, 15) is 10.1 Å². The molecular weight excluding hydrogens is 433 g/mol. The van der Waals surface area contributed by atoms with Crippen molar-refractivity contribution in [1.82, 2.24) is 20.3 Å². The first kappa shape index (κ1) is 20.9. The molecule has 1 aromatic heterocycles. The minimum atomic E-state index is -1.24. The standard InChI is InChI=1S/C23H17Cl2N5O/c1-23(13-26,14-30-28-20-12-18(24)11-19(25)21(20)29-30)27-22(31)17-9-7-16(8-10-17)15-5-3-2-4-6-15/h2-12H,14H2,1H3,(H,27,31). The summed E-state index contributed by atoms with van der Waals surface area (Å²) >= 11 is 12.2. The molecular formula is C23H17Cl2N5O. The van der Waals surface area contributed by atoms with Crippen molar-refractivity contribution < 1.29 is 4.79 Å². The average Bonchev–Trinajstić information content (AvgIpc) is 3.16. The monoisotopic (exact) mass is 449 g/mol. The maximum absolute atomic E-state index is 12.8. The summed E-state index contributed by atoms with van der Waals surface area (Å²) in [7, 11) is 0. The molecule has 0 aliphatic heterocycles. The van der Waals surface area contributed by atoms with Gasteiger partial charge in [0.1, 0.15) is 16.6 Å². The number of amides is 1. The number of nitriles is 1. The van der Waals surface area contributed by atoms with Gasteiger partial charge in [-0.05, 0) is 42.3 Å². The third-order valence-corrected chi connectivity index (χ3v) is 5.30. The molecule has 1 N–H and O–H groups in total. The lowest BCUT2D eigenvalue weighted by atomic mass is 10.0. The second-order valence-corrected chi connectivity index (χ2v) is 8.17.